The Morgan fingerprint density at radius 3 is 2.48 bits per heavy atom. The van der Waals surface area contributed by atoms with Gasteiger partial charge in [0.1, 0.15) is 5.54 Å². The number of likely N-dealkylation sites (N-methyl/N-ethyl adjacent to an activating group) is 1. The van der Waals surface area contributed by atoms with Gasteiger partial charge in [-0.2, -0.15) is 0 Å². The van der Waals surface area contributed by atoms with E-state index in [1.165, 1.54) is 25.8 Å². The molecule has 1 heterocycles. The molecule has 1 N–H and O–H groups in total. The van der Waals surface area contributed by atoms with E-state index < -0.39 is 17.4 Å². The van der Waals surface area contributed by atoms with Crippen LogP contribution in [0.5, 0.6) is 0 Å². The second-order valence-electron chi connectivity index (χ2n) is 6.42. The number of carboxylic acid groups (broad SMARTS) is 1. The number of carbonyl (C=O) groups is 3. The lowest BCUT2D eigenvalue weighted by Gasteiger charge is -2.33. The zero-order valence-electron chi connectivity index (χ0n) is 13.7. The number of benzene rings is 1. The lowest BCUT2D eigenvalue weighted by Crippen LogP contribution is -2.52. The summed E-state index contributed by atoms with van der Waals surface area (Å²) in [5.41, 5.74) is -0.291. The third kappa shape index (κ3) is 3.52. The molecular weight excluding hydrogens is 296 g/mol. The monoisotopic (exact) mass is 318 g/mol. The van der Waals surface area contributed by atoms with E-state index >= 15 is 0 Å². The summed E-state index contributed by atoms with van der Waals surface area (Å²) in [7, 11) is 1.47. The van der Waals surface area contributed by atoms with Crippen LogP contribution in [-0.4, -0.2) is 51.8 Å². The van der Waals surface area contributed by atoms with E-state index in [0.717, 1.165) is 5.56 Å². The van der Waals surface area contributed by atoms with Gasteiger partial charge >= 0.3 is 5.97 Å². The molecule has 6 nitrogen and oxygen atoms in total. The molecule has 1 saturated heterocycles. The Kier molecular flexibility index (Phi) is 4.73. The first kappa shape index (κ1) is 17.0. The van der Waals surface area contributed by atoms with Crippen molar-refractivity contribution in [3.05, 3.63) is 35.9 Å². The van der Waals surface area contributed by atoms with Crippen molar-refractivity contribution < 1.29 is 19.5 Å². The van der Waals surface area contributed by atoms with Gasteiger partial charge in [0.25, 0.3) is 0 Å². The van der Waals surface area contributed by atoms with Gasteiger partial charge in [0, 0.05) is 26.6 Å². The molecule has 23 heavy (non-hydrogen) atoms. The molecule has 0 bridgehead atoms. The van der Waals surface area contributed by atoms with Gasteiger partial charge in [0.15, 0.2) is 0 Å². The maximum Gasteiger partial charge on any atom is 0.329 e. The van der Waals surface area contributed by atoms with Gasteiger partial charge in [-0.1, -0.05) is 30.3 Å². The summed E-state index contributed by atoms with van der Waals surface area (Å²) in [5, 5.41) is 9.23. The Hall–Kier alpha value is -2.37. The Morgan fingerprint density at radius 1 is 1.30 bits per heavy atom. The number of nitrogens with zero attached hydrogens (tertiary/aromatic N) is 2. The first-order valence-electron chi connectivity index (χ1n) is 7.56. The zero-order valence-corrected chi connectivity index (χ0v) is 13.7. The molecule has 0 radical (unpaired) electrons. The molecule has 0 spiro atoms. The van der Waals surface area contributed by atoms with Gasteiger partial charge in [-0.25, -0.2) is 4.79 Å². The van der Waals surface area contributed by atoms with Crippen LogP contribution in [0.3, 0.4) is 0 Å². The molecule has 0 aliphatic carbocycles. The van der Waals surface area contributed by atoms with Gasteiger partial charge < -0.3 is 14.9 Å². The van der Waals surface area contributed by atoms with Crippen molar-refractivity contribution in [2.45, 2.75) is 32.4 Å². The maximum atomic E-state index is 12.5. The Bertz CT molecular complexity index is 612. The van der Waals surface area contributed by atoms with Crippen LogP contribution in [0, 0.1) is 5.92 Å². The fourth-order valence-corrected chi connectivity index (χ4v) is 2.59. The summed E-state index contributed by atoms with van der Waals surface area (Å²) in [6.45, 7) is 3.75. The highest BCUT2D eigenvalue weighted by atomic mass is 16.4. The van der Waals surface area contributed by atoms with Crippen LogP contribution in [0.15, 0.2) is 30.3 Å². The Labute approximate surface area is 135 Å². The predicted octanol–water partition coefficient (Wildman–Crippen LogP) is 1.36. The average molecular weight is 318 g/mol. The van der Waals surface area contributed by atoms with Crippen molar-refractivity contribution >= 4 is 17.8 Å². The van der Waals surface area contributed by atoms with Gasteiger partial charge in [0.2, 0.25) is 11.8 Å². The summed E-state index contributed by atoms with van der Waals surface area (Å²) in [5.74, 6) is -1.94. The molecular formula is C17H22N2O4. The number of carboxylic acids is 1. The molecule has 1 aliphatic rings. The number of hydrogen-bond acceptors (Lipinski definition) is 3. The number of rotatable bonds is 5. The number of aliphatic carboxylic acids is 1. The number of amides is 2. The topological polar surface area (TPSA) is 77.9 Å². The summed E-state index contributed by atoms with van der Waals surface area (Å²) in [6.07, 6.45) is 0.131. The lowest BCUT2D eigenvalue weighted by molar-refractivity contribution is -0.156. The predicted molar refractivity (Wildman–Crippen MR) is 84.5 cm³/mol. The van der Waals surface area contributed by atoms with Gasteiger partial charge in [0.05, 0.1) is 5.92 Å². The molecule has 6 heteroatoms. The fraction of sp³-hybridized carbons (Fsp3) is 0.471. The second kappa shape index (κ2) is 6.40. The van der Waals surface area contributed by atoms with Gasteiger partial charge in [-0.15, -0.1) is 0 Å². The van der Waals surface area contributed by atoms with Gasteiger partial charge in [-0.05, 0) is 19.4 Å². The third-order valence-electron chi connectivity index (χ3n) is 4.47. The van der Waals surface area contributed by atoms with Crippen LogP contribution >= 0.6 is 0 Å². The largest absolute Gasteiger partial charge is 0.480 e. The van der Waals surface area contributed by atoms with Crippen LogP contribution in [-0.2, 0) is 20.9 Å². The lowest BCUT2D eigenvalue weighted by atomic mass is 10.00. The minimum absolute atomic E-state index is 0.0752. The van der Waals surface area contributed by atoms with Crippen LogP contribution in [0.25, 0.3) is 0 Å². The third-order valence-corrected chi connectivity index (χ3v) is 4.47. The first-order valence-corrected chi connectivity index (χ1v) is 7.56. The SMILES string of the molecule is CN(C(=O)C1CC(=O)N(Cc2ccccc2)C1)C(C)(C)C(=O)O. The molecule has 1 aromatic carbocycles. The van der Waals surface area contributed by atoms with Crippen molar-refractivity contribution in [2.24, 2.45) is 5.92 Å². The van der Waals surface area contributed by atoms with Gasteiger partial charge in [-0.3, -0.25) is 9.59 Å². The molecule has 1 aromatic rings. The highest BCUT2D eigenvalue weighted by molar-refractivity contribution is 5.92. The minimum Gasteiger partial charge on any atom is -0.480 e. The Morgan fingerprint density at radius 2 is 1.91 bits per heavy atom. The van der Waals surface area contributed by atoms with E-state index in [1.807, 2.05) is 30.3 Å². The van der Waals surface area contributed by atoms with E-state index in [2.05, 4.69) is 0 Å². The highest BCUT2D eigenvalue weighted by Crippen LogP contribution is 2.24. The van der Waals surface area contributed by atoms with E-state index in [4.69, 9.17) is 0 Å². The molecule has 0 saturated carbocycles. The minimum atomic E-state index is -1.30. The fourth-order valence-electron chi connectivity index (χ4n) is 2.59. The normalized spacial score (nSPS) is 18.1. The number of likely N-dealkylation sites (tertiary alicyclic amines) is 1. The van der Waals surface area contributed by atoms with Crippen molar-refractivity contribution in [3.8, 4) is 0 Å². The molecule has 1 aliphatic heterocycles. The smallest absolute Gasteiger partial charge is 0.329 e. The summed E-state index contributed by atoms with van der Waals surface area (Å²) < 4.78 is 0. The van der Waals surface area contributed by atoms with E-state index in [-0.39, 0.29) is 18.2 Å². The molecule has 0 aromatic heterocycles. The highest BCUT2D eigenvalue weighted by Gasteiger charge is 2.41. The van der Waals surface area contributed by atoms with Crippen LogP contribution in [0.2, 0.25) is 0 Å². The van der Waals surface area contributed by atoms with Crippen molar-refractivity contribution in [2.75, 3.05) is 13.6 Å². The Balaban J connectivity index is 2.04. The molecule has 1 fully saturated rings. The molecule has 2 amide bonds. The van der Waals surface area contributed by atoms with Crippen LogP contribution in [0.4, 0.5) is 0 Å². The van der Waals surface area contributed by atoms with Crippen LogP contribution < -0.4 is 0 Å². The molecule has 1 unspecified atom stereocenters. The zero-order chi connectivity index (χ0) is 17.2. The van der Waals surface area contributed by atoms with Crippen molar-refractivity contribution in [1.29, 1.82) is 0 Å². The van der Waals surface area contributed by atoms with Crippen molar-refractivity contribution in [3.63, 3.8) is 0 Å². The molecule has 2 rings (SSSR count). The molecule has 1 atom stereocenters. The summed E-state index contributed by atoms with van der Waals surface area (Å²) >= 11 is 0. The number of carbonyl (C=O) groups excluding carboxylic acids is 2. The summed E-state index contributed by atoms with van der Waals surface area (Å²) in [6, 6.07) is 9.58. The van der Waals surface area contributed by atoms with E-state index in [0.29, 0.717) is 13.1 Å². The van der Waals surface area contributed by atoms with Crippen LogP contribution in [0.1, 0.15) is 25.8 Å². The van der Waals surface area contributed by atoms with E-state index in [1.54, 1.807) is 4.90 Å². The second-order valence-corrected chi connectivity index (χ2v) is 6.42. The first-order chi connectivity index (χ1) is 10.7. The molecule has 124 valence electrons. The standard InChI is InChI=1S/C17H22N2O4/c1-17(2,16(22)23)18(3)15(21)13-9-14(20)19(11-13)10-12-7-5-4-6-8-12/h4-8,13H,9-11H2,1-3H3,(H,22,23). The summed E-state index contributed by atoms with van der Waals surface area (Å²) in [4.78, 5) is 38.8. The van der Waals surface area contributed by atoms with E-state index in [9.17, 15) is 19.5 Å². The maximum absolute atomic E-state index is 12.5. The quantitative estimate of drug-likeness (QED) is 0.889. The van der Waals surface area contributed by atoms with Crippen molar-refractivity contribution in [1.82, 2.24) is 9.80 Å². The number of hydrogen-bond donors (Lipinski definition) is 1. The average Bonchev–Trinajstić information content (AvgIpc) is 2.87.